The molecule has 0 aromatic carbocycles. The van der Waals surface area contributed by atoms with E-state index in [1.165, 1.54) is 32.1 Å². The molecule has 0 spiro atoms. The van der Waals surface area contributed by atoms with Crippen molar-refractivity contribution < 1.29 is 5.11 Å². The molecule has 24 heavy (non-hydrogen) atoms. The summed E-state index contributed by atoms with van der Waals surface area (Å²) in [6.45, 7) is 6.77. The van der Waals surface area contributed by atoms with Crippen molar-refractivity contribution in [1.82, 2.24) is 25.1 Å². The van der Waals surface area contributed by atoms with Crippen molar-refractivity contribution in [3.63, 3.8) is 0 Å². The number of hydrogen-bond donors (Lipinski definition) is 1. The van der Waals surface area contributed by atoms with Gasteiger partial charge in [-0.15, -0.1) is 17.5 Å². The second-order valence-electron chi connectivity index (χ2n) is 7.80. The van der Waals surface area contributed by atoms with Crippen molar-refractivity contribution in [2.75, 3.05) is 7.05 Å². The van der Waals surface area contributed by atoms with Crippen molar-refractivity contribution in [2.24, 2.45) is 0 Å². The van der Waals surface area contributed by atoms with Gasteiger partial charge in [-0.2, -0.15) is 0 Å². The largest absolute Gasteiger partial charge is 0.390 e. The Labute approximate surface area is 152 Å². The lowest BCUT2D eigenvalue weighted by Gasteiger charge is -2.27. The number of halogens is 1. The van der Waals surface area contributed by atoms with E-state index in [1.807, 2.05) is 13.8 Å². The molecule has 0 aliphatic heterocycles. The fraction of sp³-hybridized carbons (Fsp3) is 0.941. The van der Waals surface area contributed by atoms with Crippen molar-refractivity contribution >= 4 is 12.4 Å². The molecule has 1 N–H and O–H groups in total. The summed E-state index contributed by atoms with van der Waals surface area (Å²) in [5, 5.41) is 22.2. The summed E-state index contributed by atoms with van der Waals surface area (Å²) in [4.78, 5) is 2.31. The second kappa shape index (κ2) is 9.68. The lowest BCUT2D eigenvalue weighted by Crippen LogP contribution is -2.31. The molecule has 0 saturated heterocycles. The second-order valence-corrected chi connectivity index (χ2v) is 7.80. The van der Waals surface area contributed by atoms with E-state index in [4.69, 9.17) is 0 Å². The highest BCUT2D eigenvalue weighted by Crippen LogP contribution is 2.28. The van der Waals surface area contributed by atoms with Crippen LogP contribution < -0.4 is 0 Å². The van der Waals surface area contributed by atoms with Gasteiger partial charge in [-0.3, -0.25) is 4.90 Å². The lowest BCUT2D eigenvalue weighted by atomic mass is 9.95. The van der Waals surface area contributed by atoms with Gasteiger partial charge in [-0.25, -0.2) is 4.68 Å². The predicted molar refractivity (Wildman–Crippen MR) is 98.3 cm³/mol. The van der Waals surface area contributed by atoms with E-state index in [0.29, 0.717) is 12.1 Å². The van der Waals surface area contributed by atoms with E-state index < -0.39 is 5.60 Å². The van der Waals surface area contributed by atoms with Crippen molar-refractivity contribution in [3.8, 4) is 0 Å². The van der Waals surface area contributed by atoms with Crippen LogP contribution in [0.3, 0.4) is 0 Å². The molecule has 1 aromatic rings. The van der Waals surface area contributed by atoms with Gasteiger partial charge in [-0.1, -0.05) is 19.3 Å². The first-order chi connectivity index (χ1) is 10.9. The quantitative estimate of drug-likeness (QED) is 0.770. The molecule has 1 aliphatic rings. The molecular weight excluding hydrogens is 326 g/mol. The summed E-state index contributed by atoms with van der Waals surface area (Å²) in [7, 11) is 2.13. The summed E-state index contributed by atoms with van der Waals surface area (Å²) in [6, 6.07) is 0.932. The number of hydrogen-bond acceptors (Lipinski definition) is 5. The smallest absolute Gasteiger partial charge is 0.165 e. The van der Waals surface area contributed by atoms with Crippen molar-refractivity contribution in [3.05, 3.63) is 5.82 Å². The maximum absolute atomic E-state index is 9.81. The average Bonchev–Trinajstić information content (AvgIpc) is 2.94. The molecule has 1 aliphatic carbocycles. The minimum atomic E-state index is -0.566. The fourth-order valence-electron chi connectivity index (χ4n) is 3.35. The number of nitrogens with zero attached hydrogens (tertiary/aromatic N) is 5. The zero-order valence-electron chi connectivity index (χ0n) is 15.6. The van der Waals surface area contributed by atoms with Crippen LogP contribution in [0.1, 0.15) is 84.0 Å². The van der Waals surface area contributed by atoms with Crippen LogP contribution in [0.4, 0.5) is 0 Å². The van der Waals surface area contributed by atoms with E-state index in [2.05, 4.69) is 39.1 Å². The lowest BCUT2D eigenvalue weighted by molar-refractivity contribution is 0.0654. The highest BCUT2D eigenvalue weighted by Gasteiger charge is 2.22. The van der Waals surface area contributed by atoms with E-state index in [0.717, 1.165) is 31.6 Å². The van der Waals surface area contributed by atoms with Crippen LogP contribution >= 0.6 is 12.4 Å². The van der Waals surface area contributed by atoms with Crippen LogP contribution in [0.25, 0.3) is 0 Å². The Morgan fingerprint density at radius 2 is 1.96 bits per heavy atom. The van der Waals surface area contributed by atoms with Crippen LogP contribution in [0.2, 0.25) is 0 Å². The predicted octanol–water partition coefficient (Wildman–Crippen LogP) is 3.36. The first kappa shape index (κ1) is 21.3. The van der Waals surface area contributed by atoms with Gasteiger partial charge in [0.25, 0.3) is 0 Å². The van der Waals surface area contributed by atoms with Gasteiger partial charge in [0.2, 0.25) is 0 Å². The van der Waals surface area contributed by atoms with E-state index in [-0.39, 0.29) is 12.4 Å². The summed E-state index contributed by atoms with van der Waals surface area (Å²) in [5.41, 5.74) is -0.566. The van der Waals surface area contributed by atoms with Crippen LogP contribution in [-0.2, 0) is 6.54 Å². The van der Waals surface area contributed by atoms with Gasteiger partial charge in [-0.05, 0) is 70.3 Å². The molecule has 1 heterocycles. The van der Waals surface area contributed by atoms with E-state index in [9.17, 15) is 5.11 Å². The molecule has 1 saturated carbocycles. The topological polar surface area (TPSA) is 67.1 Å². The Morgan fingerprint density at radius 3 is 2.58 bits per heavy atom. The Bertz CT molecular complexity index is 468. The van der Waals surface area contributed by atoms with Crippen LogP contribution in [-0.4, -0.2) is 48.9 Å². The van der Waals surface area contributed by atoms with E-state index in [1.54, 1.807) is 0 Å². The zero-order chi connectivity index (χ0) is 16.9. The molecule has 0 amide bonds. The first-order valence-corrected chi connectivity index (χ1v) is 9.06. The molecule has 6 nitrogen and oxygen atoms in total. The van der Waals surface area contributed by atoms with Crippen LogP contribution in [0.5, 0.6) is 0 Å². The molecule has 0 radical (unpaired) electrons. The summed E-state index contributed by atoms with van der Waals surface area (Å²) in [5.74, 6) is 0.980. The number of rotatable bonds is 8. The highest BCUT2D eigenvalue weighted by atomic mass is 35.5. The van der Waals surface area contributed by atoms with Gasteiger partial charge in [0.05, 0.1) is 18.2 Å². The number of aromatic nitrogens is 4. The first-order valence-electron chi connectivity index (χ1n) is 9.06. The third kappa shape index (κ3) is 6.65. The van der Waals surface area contributed by atoms with Crippen molar-refractivity contribution in [2.45, 2.75) is 96.4 Å². The SMILES string of the molecule is CC(CCCC(C)(C)O)N(C)Cc1nnnn1C1CCCCC1.Cl. The van der Waals surface area contributed by atoms with Crippen molar-refractivity contribution in [1.29, 1.82) is 0 Å². The zero-order valence-corrected chi connectivity index (χ0v) is 16.4. The molecular formula is C17H34ClN5O. The summed E-state index contributed by atoms with van der Waals surface area (Å²) in [6.07, 6.45) is 9.25. The maximum atomic E-state index is 9.81. The maximum Gasteiger partial charge on any atom is 0.165 e. The van der Waals surface area contributed by atoms with Crippen LogP contribution in [0, 0.1) is 0 Å². The number of aliphatic hydroxyl groups is 1. The Hall–Kier alpha value is -0.720. The fourth-order valence-corrected chi connectivity index (χ4v) is 3.35. The molecule has 1 atom stereocenters. The standard InChI is InChI=1S/C17H33N5O.ClH/c1-14(9-8-12-17(2,3)23)21(4)13-16-18-19-20-22(16)15-10-6-5-7-11-15;/h14-15,23H,5-13H2,1-4H3;1H. The minimum Gasteiger partial charge on any atom is -0.390 e. The normalized spacial score (nSPS) is 17.8. The Balaban J connectivity index is 0.00000288. The molecule has 2 rings (SSSR count). The van der Waals surface area contributed by atoms with Gasteiger partial charge < -0.3 is 5.11 Å². The highest BCUT2D eigenvalue weighted by molar-refractivity contribution is 5.85. The third-order valence-electron chi connectivity index (χ3n) is 5.04. The molecule has 1 aromatic heterocycles. The summed E-state index contributed by atoms with van der Waals surface area (Å²) >= 11 is 0. The molecule has 1 fully saturated rings. The third-order valence-corrected chi connectivity index (χ3v) is 5.04. The van der Waals surface area contributed by atoms with E-state index >= 15 is 0 Å². The average molecular weight is 360 g/mol. The van der Waals surface area contributed by atoms with Gasteiger partial charge in [0.1, 0.15) is 0 Å². The molecule has 140 valence electrons. The molecule has 7 heteroatoms. The Morgan fingerprint density at radius 1 is 1.29 bits per heavy atom. The Kier molecular flexibility index (Phi) is 8.60. The monoisotopic (exact) mass is 359 g/mol. The molecule has 1 unspecified atom stereocenters. The molecule has 0 bridgehead atoms. The van der Waals surface area contributed by atoms with Gasteiger partial charge >= 0.3 is 0 Å². The minimum absolute atomic E-state index is 0. The van der Waals surface area contributed by atoms with Crippen LogP contribution in [0.15, 0.2) is 0 Å². The van der Waals surface area contributed by atoms with Gasteiger partial charge in [0, 0.05) is 6.04 Å². The van der Waals surface area contributed by atoms with Gasteiger partial charge in [0.15, 0.2) is 5.82 Å². The summed E-state index contributed by atoms with van der Waals surface area (Å²) < 4.78 is 2.05. The number of tetrazole rings is 1.